The molecule has 224 valence electrons. The van der Waals surface area contributed by atoms with Gasteiger partial charge in [-0.15, -0.1) is 0 Å². The van der Waals surface area contributed by atoms with Crippen molar-refractivity contribution in [1.82, 2.24) is 10.2 Å². The second kappa shape index (κ2) is 13.6. The second-order valence-corrected chi connectivity index (χ2v) is 13.6. The molecule has 1 N–H and O–H groups in total. The molecule has 3 aromatic rings. The van der Waals surface area contributed by atoms with Crippen molar-refractivity contribution in [3.05, 3.63) is 95.1 Å². The molecule has 4 rings (SSSR count). The van der Waals surface area contributed by atoms with Gasteiger partial charge in [-0.3, -0.25) is 13.9 Å². The van der Waals surface area contributed by atoms with Crippen molar-refractivity contribution in [1.29, 1.82) is 0 Å². The maximum absolute atomic E-state index is 14.1. The second-order valence-electron chi connectivity index (χ2n) is 11.7. The van der Waals surface area contributed by atoms with Crippen LogP contribution in [0.5, 0.6) is 0 Å². The standard InChI is InChI=1S/C34H43N3O4S/c1-24(2)29-15-17-31(18-16-29)37(42(40,41)32-19-13-25(3)14-20-32)23-33(38)36(22-28-10-8-9-26(4)21-28)27(5)34(39)35-30-11-6-7-12-30/h8-10,13-21,24,27,30H,6-7,11-12,22-23H2,1-5H3,(H,35,39). The van der Waals surface area contributed by atoms with E-state index < -0.39 is 28.5 Å². The third-order valence-electron chi connectivity index (χ3n) is 8.04. The molecule has 0 spiro atoms. The number of anilines is 1. The van der Waals surface area contributed by atoms with Gasteiger partial charge in [-0.1, -0.05) is 86.3 Å². The predicted octanol–water partition coefficient (Wildman–Crippen LogP) is 6.10. The van der Waals surface area contributed by atoms with Crippen LogP contribution in [0.4, 0.5) is 5.69 Å². The lowest BCUT2D eigenvalue weighted by Gasteiger charge is -2.32. The fourth-order valence-corrected chi connectivity index (χ4v) is 6.79. The molecule has 0 heterocycles. The largest absolute Gasteiger partial charge is 0.352 e. The number of carbonyl (C=O) groups excluding carboxylic acids is 2. The van der Waals surface area contributed by atoms with Crippen molar-refractivity contribution in [2.45, 2.75) is 89.7 Å². The Balaban J connectivity index is 1.70. The van der Waals surface area contributed by atoms with E-state index in [4.69, 9.17) is 0 Å². The van der Waals surface area contributed by atoms with Gasteiger partial charge in [-0.05, 0) is 74.9 Å². The van der Waals surface area contributed by atoms with Crippen molar-refractivity contribution in [2.24, 2.45) is 0 Å². The van der Waals surface area contributed by atoms with E-state index in [2.05, 4.69) is 19.2 Å². The monoisotopic (exact) mass is 589 g/mol. The molecule has 1 saturated carbocycles. The van der Waals surface area contributed by atoms with Gasteiger partial charge >= 0.3 is 0 Å². The van der Waals surface area contributed by atoms with Crippen LogP contribution in [0.3, 0.4) is 0 Å². The molecular weight excluding hydrogens is 546 g/mol. The van der Waals surface area contributed by atoms with E-state index >= 15 is 0 Å². The number of sulfonamides is 1. The van der Waals surface area contributed by atoms with E-state index in [1.165, 1.54) is 4.90 Å². The van der Waals surface area contributed by atoms with Crippen molar-refractivity contribution < 1.29 is 18.0 Å². The first-order chi connectivity index (χ1) is 20.0. The summed E-state index contributed by atoms with van der Waals surface area (Å²) in [5, 5.41) is 3.11. The molecule has 1 aliphatic carbocycles. The normalized spacial score (nSPS) is 14.5. The van der Waals surface area contributed by atoms with Crippen LogP contribution in [0.25, 0.3) is 0 Å². The van der Waals surface area contributed by atoms with Crippen molar-refractivity contribution in [2.75, 3.05) is 10.8 Å². The van der Waals surface area contributed by atoms with Crippen LogP contribution in [0, 0.1) is 13.8 Å². The molecule has 7 nitrogen and oxygen atoms in total. The maximum atomic E-state index is 14.1. The predicted molar refractivity (Wildman–Crippen MR) is 168 cm³/mol. The van der Waals surface area contributed by atoms with Gasteiger partial charge in [0.2, 0.25) is 11.8 Å². The van der Waals surface area contributed by atoms with E-state index in [1.54, 1.807) is 43.3 Å². The van der Waals surface area contributed by atoms with Crippen molar-refractivity contribution in [3.8, 4) is 0 Å². The van der Waals surface area contributed by atoms with Crippen LogP contribution in [0.1, 0.15) is 74.6 Å². The van der Waals surface area contributed by atoms with Crippen molar-refractivity contribution >= 4 is 27.5 Å². The smallest absolute Gasteiger partial charge is 0.264 e. The zero-order valence-electron chi connectivity index (χ0n) is 25.3. The highest BCUT2D eigenvalue weighted by atomic mass is 32.2. The molecule has 0 aliphatic heterocycles. The summed E-state index contributed by atoms with van der Waals surface area (Å²) in [7, 11) is -4.09. The number of hydrogen-bond donors (Lipinski definition) is 1. The SMILES string of the molecule is Cc1ccc(S(=O)(=O)N(CC(=O)N(Cc2cccc(C)c2)C(C)C(=O)NC2CCCC2)c2ccc(C(C)C)cc2)cc1. The number of hydrogen-bond acceptors (Lipinski definition) is 4. The van der Waals surface area contributed by atoms with Gasteiger partial charge in [-0.25, -0.2) is 8.42 Å². The minimum absolute atomic E-state index is 0.103. The van der Waals surface area contributed by atoms with Crippen LogP contribution in [0.2, 0.25) is 0 Å². The van der Waals surface area contributed by atoms with Gasteiger partial charge in [-0.2, -0.15) is 0 Å². The number of carbonyl (C=O) groups is 2. The molecule has 3 aromatic carbocycles. The van der Waals surface area contributed by atoms with E-state index in [0.717, 1.165) is 52.2 Å². The number of nitrogens with zero attached hydrogens (tertiary/aromatic N) is 2. The van der Waals surface area contributed by atoms with E-state index in [0.29, 0.717) is 5.69 Å². The number of aryl methyl sites for hydroxylation is 2. The maximum Gasteiger partial charge on any atom is 0.264 e. The molecule has 8 heteroatoms. The number of rotatable bonds is 11. The molecule has 0 radical (unpaired) electrons. The molecule has 0 saturated heterocycles. The first-order valence-electron chi connectivity index (χ1n) is 14.8. The lowest BCUT2D eigenvalue weighted by atomic mass is 10.0. The Labute approximate surface area is 251 Å². The summed E-state index contributed by atoms with van der Waals surface area (Å²) in [6, 6.07) is 21.0. The molecule has 1 aliphatic rings. The summed E-state index contributed by atoms with van der Waals surface area (Å²) in [5.41, 5.74) is 4.31. The molecule has 1 atom stereocenters. The van der Waals surface area contributed by atoms with Gasteiger partial charge in [0.05, 0.1) is 10.6 Å². The van der Waals surface area contributed by atoms with Crippen LogP contribution >= 0.6 is 0 Å². The number of benzene rings is 3. The molecule has 2 amide bonds. The fourth-order valence-electron chi connectivity index (χ4n) is 5.37. The van der Waals surface area contributed by atoms with Gasteiger partial charge < -0.3 is 10.2 Å². The van der Waals surface area contributed by atoms with E-state index in [9.17, 15) is 18.0 Å². The third kappa shape index (κ3) is 7.59. The Bertz CT molecular complexity index is 1480. The Morgan fingerprint density at radius 3 is 2.12 bits per heavy atom. The van der Waals surface area contributed by atoms with Gasteiger partial charge in [0.1, 0.15) is 12.6 Å². The van der Waals surface area contributed by atoms with E-state index in [1.807, 2.05) is 50.2 Å². The highest BCUT2D eigenvalue weighted by molar-refractivity contribution is 7.92. The zero-order valence-corrected chi connectivity index (χ0v) is 26.2. The Morgan fingerprint density at radius 2 is 1.52 bits per heavy atom. The van der Waals surface area contributed by atoms with Crippen LogP contribution in [-0.2, 0) is 26.2 Å². The van der Waals surface area contributed by atoms with Gasteiger partial charge in [0, 0.05) is 12.6 Å². The summed E-state index contributed by atoms with van der Waals surface area (Å²) >= 11 is 0. The first-order valence-corrected chi connectivity index (χ1v) is 16.2. The minimum atomic E-state index is -4.09. The molecule has 1 fully saturated rings. The third-order valence-corrected chi connectivity index (χ3v) is 9.83. The minimum Gasteiger partial charge on any atom is -0.352 e. The summed E-state index contributed by atoms with van der Waals surface area (Å²) in [4.78, 5) is 29.1. The number of amides is 2. The molecule has 42 heavy (non-hydrogen) atoms. The zero-order chi connectivity index (χ0) is 30.4. The molecular formula is C34H43N3O4S. The average Bonchev–Trinajstić information content (AvgIpc) is 3.47. The first kappa shape index (κ1) is 31.3. The Morgan fingerprint density at radius 1 is 0.881 bits per heavy atom. The lowest BCUT2D eigenvalue weighted by molar-refractivity contribution is -0.139. The number of nitrogens with one attached hydrogen (secondary N) is 1. The van der Waals surface area contributed by atoms with Gasteiger partial charge in [0.15, 0.2) is 0 Å². The van der Waals surface area contributed by atoms with Crippen LogP contribution < -0.4 is 9.62 Å². The highest BCUT2D eigenvalue weighted by Gasteiger charge is 2.33. The Hall–Kier alpha value is -3.65. The fraction of sp³-hybridized carbons (Fsp3) is 0.412. The highest BCUT2D eigenvalue weighted by Crippen LogP contribution is 2.27. The van der Waals surface area contributed by atoms with Crippen molar-refractivity contribution in [3.63, 3.8) is 0 Å². The topological polar surface area (TPSA) is 86.8 Å². The quantitative estimate of drug-likeness (QED) is 0.293. The summed E-state index contributed by atoms with van der Waals surface area (Å²) in [6.45, 7) is 9.47. The molecule has 0 aromatic heterocycles. The molecule has 1 unspecified atom stereocenters. The lowest BCUT2D eigenvalue weighted by Crippen LogP contribution is -2.52. The summed E-state index contributed by atoms with van der Waals surface area (Å²) in [6.07, 6.45) is 4.01. The van der Waals surface area contributed by atoms with Gasteiger partial charge in [0.25, 0.3) is 10.0 Å². The average molecular weight is 590 g/mol. The molecule has 0 bridgehead atoms. The Kier molecular flexibility index (Phi) is 10.1. The van der Waals surface area contributed by atoms with E-state index in [-0.39, 0.29) is 29.3 Å². The summed E-state index contributed by atoms with van der Waals surface area (Å²) in [5.74, 6) is -0.404. The van der Waals surface area contributed by atoms with Crippen LogP contribution in [-0.4, -0.2) is 43.8 Å². The summed E-state index contributed by atoms with van der Waals surface area (Å²) < 4.78 is 29.2. The van der Waals surface area contributed by atoms with Crippen LogP contribution in [0.15, 0.2) is 77.7 Å².